The SMILES string of the molecule is Cc1cc(C)c2oc(-c3ccc(C(=O)NC(CCC(=O)O)C(=O)O)cc3)cc(=O)c2c1. The van der Waals surface area contributed by atoms with Crippen molar-refractivity contribution in [1.29, 1.82) is 0 Å². The highest BCUT2D eigenvalue weighted by molar-refractivity contribution is 5.97. The maximum absolute atomic E-state index is 12.5. The van der Waals surface area contributed by atoms with Crippen molar-refractivity contribution < 1.29 is 29.0 Å². The molecule has 0 fully saturated rings. The fraction of sp³-hybridized carbons (Fsp3) is 0.217. The van der Waals surface area contributed by atoms with Gasteiger partial charge in [0.1, 0.15) is 17.4 Å². The first-order valence-electron chi connectivity index (χ1n) is 9.56. The molecule has 3 N–H and O–H groups in total. The molecule has 1 aromatic heterocycles. The number of aryl methyl sites for hydroxylation is 2. The lowest BCUT2D eigenvalue weighted by molar-refractivity contribution is -0.140. The summed E-state index contributed by atoms with van der Waals surface area (Å²) in [6.07, 6.45) is -0.605. The van der Waals surface area contributed by atoms with Crippen molar-refractivity contribution in [3.63, 3.8) is 0 Å². The highest BCUT2D eigenvalue weighted by Gasteiger charge is 2.21. The molecule has 0 bridgehead atoms. The van der Waals surface area contributed by atoms with Gasteiger partial charge < -0.3 is 19.9 Å². The summed E-state index contributed by atoms with van der Waals surface area (Å²) in [4.78, 5) is 46.8. The smallest absolute Gasteiger partial charge is 0.326 e. The molecule has 1 amide bonds. The molecule has 3 rings (SSSR count). The van der Waals surface area contributed by atoms with E-state index in [1.54, 1.807) is 18.2 Å². The average Bonchev–Trinajstić information content (AvgIpc) is 2.71. The van der Waals surface area contributed by atoms with E-state index < -0.39 is 23.9 Å². The van der Waals surface area contributed by atoms with Crippen LogP contribution in [0.25, 0.3) is 22.3 Å². The number of carbonyl (C=O) groups excluding carboxylic acids is 1. The van der Waals surface area contributed by atoms with Gasteiger partial charge in [-0.05, 0) is 49.6 Å². The first-order chi connectivity index (χ1) is 14.7. The van der Waals surface area contributed by atoms with Crippen molar-refractivity contribution in [2.24, 2.45) is 0 Å². The van der Waals surface area contributed by atoms with E-state index in [0.29, 0.717) is 22.3 Å². The van der Waals surface area contributed by atoms with E-state index in [4.69, 9.17) is 9.52 Å². The Labute approximate surface area is 177 Å². The van der Waals surface area contributed by atoms with E-state index in [1.165, 1.54) is 18.2 Å². The van der Waals surface area contributed by atoms with Crippen molar-refractivity contribution in [3.8, 4) is 11.3 Å². The third-order valence-corrected chi connectivity index (χ3v) is 4.84. The molecular formula is C23H21NO7. The molecule has 1 atom stereocenters. The van der Waals surface area contributed by atoms with E-state index in [1.807, 2.05) is 19.9 Å². The molecule has 31 heavy (non-hydrogen) atoms. The monoisotopic (exact) mass is 423 g/mol. The Morgan fingerprint density at radius 1 is 1.03 bits per heavy atom. The van der Waals surface area contributed by atoms with Crippen molar-refractivity contribution in [1.82, 2.24) is 5.32 Å². The van der Waals surface area contributed by atoms with Crippen LogP contribution in [0.5, 0.6) is 0 Å². The zero-order valence-electron chi connectivity index (χ0n) is 17.0. The lowest BCUT2D eigenvalue weighted by Gasteiger charge is -2.13. The third-order valence-electron chi connectivity index (χ3n) is 4.84. The summed E-state index contributed by atoms with van der Waals surface area (Å²) in [5.41, 5.74) is 2.90. The minimum absolute atomic E-state index is 0.174. The van der Waals surface area contributed by atoms with Crippen LogP contribution < -0.4 is 10.7 Å². The minimum atomic E-state index is -1.31. The lowest BCUT2D eigenvalue weighted by atomic mass is 10.0. The molecule has 0 saturated heterocycles. The molecule has 0 spiro atoms. The number of rotatable bonds is 7. The van der Waals surface area contributed by atoms with Gasteiger partial charge in [0.05, 0.1) is 5.39 Å². The number of amides is 1. The fourth-order valence-corrected chi connectivity index (χ4v) is 3.30. The highest BCUT2D eigenvalue weighted by atomic mass is 16.4. The predicted molar refractivity (Wildman–Crippen MR) is 113 cm³/mol. The van der Waals surface area contributed by atoms with Crippen LogP contribution in [-0.2, 0) is 9.59 Å². The Morgan fingerprint density at radius 2 is 1.71 bits per heavy atom. The van der Waals surface area contributed by atoms with Crippen LogP contribution in [0.15, 0.2) is 51.7 Å². The van der Waals surface area contributed by atoms with E-state index in [2.05, 4.69) is 5.32 Å². The number of hydrogen-bond acceptors (Lipinski definition) is 5. The molecule has 0 radical (unpaired) electrons. The molecule has 2 aromatic carbocycles. The Hall–Kier alpha value is -3.94. The van der Waals surface area contributed by atoms with E-state index in [0.717, 1.165) is 11.1 Å². The fourth-order valence-electron chi connectivity index (χ4n) is 3.30. The second-order valence-corrected chi connectivity index (χ2v) is 7.31. The molecule has 160 valence electrons. The van der Waals surface area contributed by atoms with Crippen molar-refractivity contribution in [2.75, 3.05) is 0 Å². The second kappa shape index (κ2) is 8.83. The zero-order valence-corrected chi connectivity index (χ0v) is 17.0. The van der Waals surface area contributed by atoms with Gasteiger partial charge in [0.25, 0.3) is 5.91 Å². The molecule has 1 unspecified atom stereocenters. The Balaban J connectivity index is 1.84. The molecule has 0 saturated carbocycles. The van der Waals surface area contributed by atoms with Crippen LogP contribution >= 0.6 is 0 Å². The number of carbonyl (C=O) groups is 3. The maximum atomic E-state index is 12.5. The topological polar surface area (TPSA) is 134 Å². The third kappa shape index (κ3) is 4.98. The largest absolute Gasteiger partial charge is 0.481 e. The van der Waals surface area contributed by atoms with E-state index in [-0.39, 0.29) is 23.8 Å². The molecule has 0 aliphatic carbocycles. The van der Waals surface area contributed by atoms with Gasteiger partial charge in [-0.1, -0.05) is 18.2 Å². The summed E-state index contributed by atoms with van der Waals surface area (Å²) in [5, 5.41) is 20.7. The number of aliphatic carboxylic acids is 2. The summed E-state index contributed by atoms with van der Waals surface area (Å²) in [6, 6.07) is 9.92. The molecule has 0 aliphatic rings. The summed E-state index contributed by atoms with van der Waals surface area (Å²) in [6.45, 7) is 3.76. The van der Waals surface area contributed by atoms with Gasteiger partial charge in [-0.15, -0.1) is 0 Å². The van der Waals surface area contributed by atoms with Crippen LogP contribution in [0.4, 0.5) is 0 Å². The molecule has 1 heterocycles. The van der Waals surface area contributed by atoms with Crippen LogP contribution in [0.1, 0.15) is 34.3 Å². The normalized spacial score (nSPS) is 11.8. The first-order valence-corrected chi connectivity index (χ1v) is 9.56. The quantitative estimate of drug-likeness (QED) is 0.531. The minimum Gasteiger partial charge on any atom is -0.481 e. The summed E-state index contributed by atoms with van der Waals surface area (Å²) in [7, 11) is 0. The number of carboxylic acids is 2. The van der Waals surface area contributed by atoms with Gasteiger partial charge in [-0.3, -0.25) is 14.4 Å². The molecule has 8 heteroatoms. The van der Waals surface area contributed by atoms with Gasteiger partial charge in [0.2, 0.25) is 0 Å². The van der Waals surface area contributed by atoms with E-state index in [9.17, 15) is 24.3 Å². The van der Waals surface area contributed by atoms with Crippen LogP contribution in [0.2, 0.25) is 0 Å². The Morgan fingerprint density at radius 3 is 2.32 bits per heavy atom. The van der Waals surface area contributed by atoms with Crippen molar-refractivity contribution in [2.45, 2.75) is 32.7 Å². The van der Waals surface area contributed by atoms with Gasteiger partial charge >= 0.3 is 11.9 Å². The van der Waals surface area contributed by atoms with Gasteiger partial charge in [0.15, 0.2) is 5.43 Å². The van der Waals surface area contributed by atoms with Crippen LogP contribution in [0, 0.1) is 13.8 Å². The van der Waals surface area contributed by atoms with Gasteiger partial charge in [0, 0.05) is 23.6 Å². The first kappa shape index (κ1) is 21.8. The number of benzene rings is 2. The zero-order chi connectivity index (χ0) is 22.7. The molecular weight excluding hydrogens is 402 g/mol. The van der Waals surface area contributed by atoms with Crippen LogP contribution in [-0.4, -0.2) is 34.1 Å². The Bertz CT molecular complexity index is 1230. The Kier molecular flexibility index (Phi) is 6.20. The number of carboxylic acid groups (broad SMARTS) is 2. The predicted octanol–water partition coefficient (Wildman–Crippen LogP) is 3.12. The summed E-state index contributed by atoms with van der Waals surface area (Å²) >= 11 is 0. The van der Waals surface area contributed by atoms with Crippen molar-refractivity contribution >= 4 is 28.8 Å². The molecule has 0 aliphatic heterocycles. The van der Waals surface area contributed by atoms with Crippen LogP contribution in [0.3, 0.4) is 0 Å². The lowest BCUT2D eigenvalue weighted by Crippen LogP contribution is -2.41. The number of fused-ring (bicyclic) bond motifs is 1. The second-order valence-electron chi connectivity index (χ2n) is 7.31. The maximum Gasteiger partial charge on any atom is 0.326 e. The highest BCUT2D eigenvalue weighted by Crippen LogP contribution is 2.25. The summed E-state index contributed by atoms with van der Waals surface area (Å²) in [5.74, 6) is -2.75. The molecule has 3 aromatic rings. The standard InChI is InChI=1S/C23H21NO7/c1-12-9-13(2)21-16(10-12)18(25)11-19(31-21)14-3-5-15(6-4-14)22(28)24-17(23(29)30)7-8-20(26)27/h3-6,9-11,17H,7-8H2,1-2H3,(H,24,28)(H,26,27)(H,29,30). The summed E-state index contributed by atoms with van der Waals surface area (Å²) < 4.78 is 5.93. The molecule has 8 nitrogen and oxygen atoms in total. The van der Waals surface area contributed by atoms with E-state index >= 15 is 0 Å². The number of nitrogens with one attached hydrogen (secondary N) is 1. The number of hydrogen-bond donors (Lipinski definition) is 3. The average molecular weight is 423 g/mol. The van der Waals surface area contributed by atoms with Gasteiger partial charge in [-0.2, -0.15) is 0 Å². The van der Waals surface area contributed by atoms with Crippen molar-refractivity contribution in [3.05, 3.63) is 69.4 Å². The van der Waals surface area contributed by atoms with Gasteiger partial charge in [-0.25, -0.2) is 4.79 Å².